The summed E-state index contributed by atoms with van der Waals surface area (Å²) in [5, 5.41) is 9.55. The van der Waals surface area contributed by atoms with Crippen LogP contribution in [-0.2, 0) is 4.43 Å². The minimum Gasteiger partial charge on any atom is -0.418 e. The summed E-state index contributed by atoms with van der Waals surface area (Å²) in [6, 6.07) is 1.25. The van der Waals surface area contributed by atoms with Crippen LogP contribution in [0.15, 0.2) is 0 Å². The molecule has 2 nitrogen and oxygen atoms in total. The molecule has 0 saturated heterocycles. The standard InChI is InChI=1S/C12H28O2SSi/c1-6-14-16(4,5)11-7-9-15-10-8-12(2,3)13/h13H,6-11H2,1-5H3. The van der Waals surface area contributed by atoms with Gasteiger partial charge in [-0.1, -0.05) is 0 Å². The summed E-state index contributed by atoms with van der Waals surface area (Å²) in [6.45, 7) is 11.3. The molecule has 0 bridgehead atoms. The number of rotatable bonds is 9. The van der Waals surface area contributed by atoms with E-state index in [0.29, 0.717) is 0 Å². The number of thioether (sulfide) groups is 1. The van der Waals surface area contributed by atoms with Crippen LogP contribution in [-0.4, -0.2) is 37.1 Å². The normalized spacial score (nSPS) is 13.1. The van der Waals surface area contributed by atoms with E-state index in [9.17, 15) is 5.11 Å². The van der Waals surface area contributed by atoms with Gasteiger partial charge >= 0.3 is 0 Å². The van der Waals surface area contributed by atoms with Gasteiger partial charge in [0, 0.05) is 6.61 Å². The van der Waals surface area contributed by atoms with Crippen LogP contribution >= 0.6 is 11.8 Å². The van der Waals surface area contributed by atoms with Crippen LogP contribution in [0.1, 0.15) is 33.6 Å². The van der Waals surface area contributed by atoms with Crippen molar-refractivity contribution in [1.82, 2.24) is 0 Å². The lowest BCUT2D eigenvalue weighted by molar-refractivity contribution is 0.0777. The Balaban J connectivity index is 3.40. The predicted octanol–water partition coefficient (Wildman–Crippen LogP) is 3.51. The van der Waals surface area contributed by atoms with Crippen LogP contribution in [0.2, 0.25) is 19.1 Å². The Kier molecular flexibility index (Phi) is 7.98. The molecule has 0 heterocycles. The molecule has 0 aliphatic heterocycles. The van der Waals surface area contributed by atoms with Gasteiger partial charge in [-0.25, -0.2) is 0 Å². The van der Waals surface area contributed by atoms with Gasteiger partial charge in [-0.2, -0.15) is 11.8 Å². The largest absolute Gasteiger partial charge is 0.418 e. The van der Waals surface area contributed by atoms with Crippen molar-refractivity contribution in [3.8, 4) is 0 Å². The maximum atomic E-state index is 9.55. The molecule has 0 unspecified atom stereocenters. The summed E-state index contributed by atoms with van der Waals surface area (Å²) in [5.41, 5.74) is -0.508. The molecule has 16 heavy (non-hydrogen) atoms. The van der Waals surface area contributed by atoms with Crippen LogP contribution in [0.4, 0.5) is 0 Å². The first-order chi connectivity index (χ1) is 7.27. The Morgan fingerprint density at radius 2 is 1.88 bits per heavy atom. The van der Waals surface area contributed by atoms with E-state index in [1.54, 1.807) is 0 Å². The van der Waals surface area contributed by atoms with E-state index in [2.05, 4.69) is 20.0 Å². The van der Waals surface area contributed by atoms with Crippen molar-refractivity contribution in [3.63, 3.8) is 0 Å². The average molecular weight is 265 g/mol. The van der Waals surface area contributed by atoms with Crippen LogP contribution in [0.5, 0.6) is 0 Å². The quantitative estimate of drug-likeness (QED) is 0.510. The van der Waals surface area contributed by atoms with E-state index in [4.69, 9.17) is 4.43 Å². The summed E-state index contributed by atoms with van der Waals surface area (Å²) in [6.07, 6.45) is 2.12. The first-order valence-corrected chi connectivity index (χ1v) is 10.5. The smallest absolute Gasteiger partial charge is 0.186 e. The second kappa shape index (κ2) is 7.74. The van der Waals surface area contributed by atoms with Crippen molar-refractivity contribution >= 4 is 20.1 Å². The predicted molar refractivity (Wildman–Crippen MR) is 76.8 cm³/mol. The van der Waals surface area contributed by atoms with Gasteiger partial charge in [0.25, 0.3) is 0 Å². The maximum Gasteiger partial charge on any atom is 0.186 e. The molecule has 0 atom stereocenters. The molecular weight excluding hydrogens is 236 g/mol. The summed E-state index contributed by atoms with van der Waals surface area (Å²) >= 11 is 1.95. The van der Waals surface area contributed by atoms with Crippen molar-refractivity contribution in [1.29, 1.82) is 0 Å². The second-order valence-corrected chi connectivity index (χ2v) is 11.0. The van der Waals surface area contributed by atoms with Crippen LogP contribution in [0.3, 0.4) is 0 Å². The van der Waals surface area contributed by atoms with Gasteiger partial charge in [-0.3, -0.25) is 0 Å². The maximum absolute atomic E-state index is 9.55. The van der Waals surface area contributed by atoms with Gasteiger partial charge in [0.1, 0.15) is 0 Å². The molecule has 0 amide bonds. The van der Waals surface area contributed by atoms with E-state index in [1.807, 2.05) is 25.6 Å². The van der Waals surface area contributed by atoms with Crippen molar-refractivity contribution in [2.45, 2.75) is 58.4 Å². The molecule has 0 radical (unpaired) electrons. The molecule has 0 fully saturated rings. The molecule has 0 aromatic rings. The number of hydrogen-bond donors (Lipinski definition) is 1. The third kappa shape index (κ3) is 11.0. The summed E-state index contributed by atoms with van der Waals surface area (Å²) < 4.78 is 5.78. The molecule has 0 rings (SSSR count). The first kappa shape index (κ1) is 16.5. The molecule has 0 aliphatic rings. The molecule has 0 saturated carbocycles. The van der Waals surface area contributed by atoms with E-state index >= 15 is 0 Å². The van der Waals surface area contributed by atoms with Crippen molar-refractivity contribution in [2.24, 2.45) is 0 Å². The van der Waals surface area contributed by atoms with E-state index < -0.39 is 13.9 Å². The van der Waals surface area contributed by atoms with Crippen molar-refractivity contribution < 1.29 is 9.53 Å². The highest BCUT2D eigenvalue weighted by molar-refractivity contribution is 7.99. The third-order valence-corrected chi connectivity index (χ3v) is 6.16. The van der Waals surface area contributed by atoms with Gasteiger partial charge in [0.05, 0.1) is 5.60 Å². The van der Waals surface area contributed by atoms with Gasteiger partial charge in [-0.05, 0) is 64.3 Å². The Morgan fingerprint density at radius 1 is 1.25 bits per heavy atom. The molecular formula is C12H28O2SSi. The van der Waals surface area contributed by atoms with Crippen LogP contribution in [0.25, 0.3) is 0 Å². The molecule has 4 heteroatoms. The van der Waals surface area contributed by atoms with E-state index in [-0.39, 0.29) is 0 Å². The zero-order valence-electron chi connectivity index (χ0n) is 11.5. The number of hydrogen-bond acceptors (Lipinski definition) is 3. The zero-order chi connectivity index (χ0) is 12.7. The van der Waals surface area contributed by atoms with Crippen molar-refractivity contribution in [2.75, 3.05) is 18.1 Å². The Hall–Kier alpha value is 0.487. The Bertz CT molecular complexity index is 178. The lowest BCUT2D eigenvalue weighted by atomic mass is 10.1. The molecule has 98 valence electrons. The lowest BCUT2D eigenvalue weighted by Crippen LogP contribution is -2.30. The zero-order valence-corrected chi connectivity index (χ0v) is 13.3. The molecule has 0 aromatic carbocycles. The topological polar surface area (TPSA) is 29.5 Å². The lowest BCUT2D eigenvalue weighted by Gasteiger charge is -2.21. The van der Waals surface area contributed by atoms with Gasteiger partial charge < -0.3 is 9.53 Å². The third-order valence-electron chi connectivity index (χ3n) is 2.46. The molecule has 0 aliphatic carbocycles. The Labute approximate surface area is 106 Å². The fraction of sp³-hybridized carbons (Fsp3) is 1.00. The van der Waals surface area contributed by atoms with Crippen LogP contribution < -0.4 is 0 Å². The minimum absolute atomic E-state index is 0.508. The fourth-order valence-electron chi connectivity index (χ4n) is 1.49. The van der Waals surface area contributed by atoms with Gasteiger partial charge in [-0.15, -0.1) is 0 Å². The summed E-state index contributed by atoms with van der Waals surface area (Å²) in [4.78, 5) is 0. The van der Waals surface area contributed by atoms with Gasteiger partial charge in [0.15, 0.2) is 8.32 Å². The summed E-state index contributed by atoms with van der Waals surface area (Å²) in [7, 11) is -1.36. The van der Waals surface area contributed by atoms with E-state index in [1.165, 1.54) is 18.2 Å². The minimum atomic E-state index is -1.36. The monoisotopic (exact) mass is 264 g/mol. The molecule has 0 aromatic heterocycles. The van der Waals surface area contributed by atoms with Gasteiger partial charge in [0.2, 0.25) is 0 Å². The highest BCUT2D eigenvalue weighted by Crippen LogP contribution is 2.18. The highest BCUT2D eigenvalue weighted by atomic mass is 32.2. The molecule has 1 N–H and O–H groups in total. The van der Waals surface area contributed by atoms with Crippen molar-refractivity contribution in [3.05, 3.63) is 0 Å². The van der Waals surface area contributed by atoms with Crippen LogP contribution in [0, 0.1) is 0 Å². The highest BCUT2D eigenvalue weighted by Gasteiger charge is 2.20. The average Bonchev–Trinajstić information content (AvgIpc) is 2.09. The second-order valence-electron chi connectivity index (χ2n) is 5.47. The first-order valence-electron chi connectivity index (χ1n) is 6.21. The Morgan fingerprint density at radius 3 is 2.38 bits per heavy atom. The number of aliphatic hydroxyl groups is 1. The fourth-order valence-corrected chi connectivity index (χ4v) is 4.89. The molecule has 0 spiro atoms. The SMILES string of the molecule is CCO[Si](C)(C)CCCSCCC(C)(C)O. The van der Waals surface area contributed by atoms with E-state index in [0.717, 1.165) is 18.8 Å². The summed E-state index contributed by atoms with van der Waals surface area (Å²) in [5.74, 6) is 2.25.